The molecule has 1 aliphatic rings. The van der Waals surface area contributed by atoms with Gasteiger partial charge in [0.05, 0.1) is 12.0 Å². The lowest BCUT2D eigenvalue weighted by molar-refractivity contribution is -0.147. The molecule has 0 spiro atoms. The number of hydrogen-bond acceptors (Lipinski definition) is 2. The molecular weight excluding hydrogens is 180 g/mol. The first-order chi connectivity index (χ1) is 6.66. The summed E-state index contributed by atoms with van der Waals surface area (Å²) in [6, 6.07) is 0. The maximum Gasteiger partial charge on any atom is 0.309 e. The zero-order valence-corrected chi connectivity index (χ0v) is 8.52. The molecule has 3 nitrogen and oxygen atoms in total. The molecule has 0 saturated carbocycles. The molecule has 0 aromatic heterocycles. The normalized spacial score (nSPS) is 25.7. The monoisotopic (exact) mass is 198 g/mol. The summed E-state index contributed by atoms with van der Waals surface area (Å²) in [5, 5.41) is 18.8. The fourth-order valence-electron chi connectivity index (χ4n) is 2.02. The molecule has 3 heteroatoms. The van der Waals surface area contributed by atoms with Crippen molar-refractivity contribution in [1.29, 1.82) is 0 Å². The van der Waals surface area contributed by atoms with Crippen LogP contribution in [0.2, 0.25) is 0 Å². The number of aliphatic carboxylic acids is 1. The summed E-state index contributed by atoms with van der Waals surface area (Å²) in [7, 11) is 0. The quantitative estimate of drug-likeness (QED) is 0.677. The van der Waals surface area contributed by atoms with Crippen LogP contribution in [0, 0.1) is 11.8 Å². The number of aliphatic hydroxyl groups excluding tert-OH is 1. The van der Waals surface area contributed by atoms with E-state index in [2.05, 4.69) is 6.08 Å². The molecule has 3 unspecified atom stereocenters. The lowest BCUT2D eigenvalue weighted by Crippen LogP contribution is -2.34. The minimum atomic E-state index is -0.880. The Morgan fingerprint density at radius 3 is 2.71 bits per heavy atom. The lowest BCUT2D eigenvalue weighted by Gasteiger charge is -2.27. The van der Waals surface area contributed by atoms with Crippen molar-refractivity contribution in [3.63, 3.8) is 0 Å². The third-order valence-corrected chi connectivity index (χ3v) is 2.96. The Morgan fingerprint density at radius 1 is 1.57 bits per heavy atom. The Labute approximate surface area is 84.4 Å². The van der Waals surface area contributed by atoms with Gasteiger partial charge in [-0.1, -0.05) is 19.1 Å². The van der Waals surface area contributed by atoms with Crippen LogP contribution < -0.4 is 0 Å². The summed E-state index contributed by atoms with van der Waals surface area (Å²) in [5.74, 6) is -1.36. The molecule has 0 aliphatic heterocycles. The lowest BCUT2D eigenvalue weighted by atomic mass is 9.82. The Balaban J connectivity index is 2.57. The number of carboxylic acids is 1. The highest BCUT2D eigenvalue weighted by molar-refractivity contribution is 5.70. The molecule has 1 rings (SSSR count). The minimum Gasteiger partial charge on any atom is -0.481 e. The summed E-state index contributed by atoms with van der Waals surface area (Å²) >= 11 is 0. The minimum absolute atomic E-state index is 0.126. The number of carbonyl (C=O) groups is 1. The maximum atomic E-state index is 10.8. The number of allylic oxidation sites excluding steroid dienone is 2. The van der Waals surface area contributed by atoms with Crippen LogP contribution in [0.5, 0.6) is 0 Å². The van der Waals surface area contributed by atoms with Crippen molar-refractivity contribution in [2.45, 2.75) is 38.7 Å². The smallest absolute Gasteiger partial charge is 0.309 e. The van der Waals surface area contributed by atoms with E-state index < -0.39 is 18.0 Å². The predicted octanol–water partition coefficient (Wildman–Crippen LogP) is 1.81. The Hall–Kier alpha value is -0.830. The summed E-state index contributed by atoms with van der Waals surface area (Å²) in [5.41, 5.74) is 0. The summed E-state index contributed by atoms with van der Waals surface area (Å²) in [6.07, 6.45) is 6.60. The summed E-state index contributed by atoms with van der Waals surface area (Å²) in [6.45, 7) is 1.81. The molecule has 0 aromatic carbocycles. The summed E-state index contributed by atoms with van der Waals surface area (Å²) < 4.78 is 0. The van der Waals surface area contributed by atoms with Gasteiger partial charge in [0.15, 0.2) is 0 Å². The first kappa shape index (κ1) is 11.2. The predicted molar refractivity (Wildman–Crippen MR) is 53.9 cm³/mol. The van der Waals surface area contributed by atoms with Crippen molar-refractivity contribution < 1.29 is 15.0 Å². The molecule has 0 aromatic rings. The largest absolute Gasteiger partial charge is 0.481 e. The zero-order valence-electron chi connectivity index (χ0n) is 8.52. The average Bonchev–Trinajstić information content (AvgIpc) is 2.19. The van der Waals surface area contributed by atoms with E-state index in [1.807, 2.05) is 6.08 Å². The average molecular weight is 198 g/mol. The zero-order chi connectivity index (χ0) is 10.6. The number of hydrogen-bond donors (Lipinski definition) is 2. The van der Waals surface area contributed by atoms with Gasteiger partial charge >= 0.3 is 5.97 Å². The van der Waals surface area contributed by atoms with E-state index >= 15 is 0 Å². The van der Waals surface area contributed by atoms with E-state index in [-0.39, 0.29) is 5.92 Å². The highest BCUT2D eigenvalue weighted by Gasteiger charge is 2.31. The first-order valence-electron chi connectivity index (χ1n) is 5.22. The maximum absolute atomic E-state index is 10.8. The number of rotatable bonds is 4. The fourth-order valence-corrected chi connectivity index (χ4v) is 2.02. The van der Waals surface area contributed by atoms with Gasteiger partial charge in [0.1, 0.15) is 0 Å². The van der Waals surface area contributed by atoms with Gasteiger partial charge < -0.3 is 10.2 Å². The van der Waals surface area contributed by atoms with Crippen LogP contribution >= 0.6 is 0 Å². The molecule has 0 radical (unpaired) electrons. The Bertz CT molecular complexity index is 223. The van der Waals surface area contributed by atoms with Crippen LogP contribution in [-0.2, 0) is 4.79 Å². The van der Waals surface area contributed by atoms with Crippen LogP contribution in [0.1, 0.15) is 32.6 Å². The molecule has 0 saturated heterocycles. The van der Waals surface area contributed by atoms with Crippen molar-refractivity contribution in [2.24, 2.45) is 11.8 Å². The Morgan fingerprint density at radius 2 is 2.29 bits per heavy atom. The third kappa shape index (κ3) is 2.58. The third-order valence-electron chi connectivity index (χ3n) is 2.96. The molecule has 3 atom stereocenters. The van der Waals surface area contributed by atoms with Gasteiger partial charge in [0.2, 0.25) is 0 Å². The second kappa shape index (κ2) is 5.15. The second-order valence-corrected chi connectivity index (χ2v) is 3.89. The molecule has 0 amide bonds. The second-order valence-electron chi connectivity index (χ2n) is 3.89. The van der Waals surface area contributed by atoms with Gasteiger partial charge in [-0.25, -0.2) is 0 Å². The first-order valence-corrected chi connectivity index (χ1v) is 5.22. The van der Waals surface area contributed by atoms with Crippen molar-refractivity contribution in [2.75, 3.05) is 0 Å². The molecule has 0 fully saturated rings. The topological polar surface area (TPSA) is 57.5 Å². The summed E-state index contributed by atoms with van der Waals surface area (Å²) in [4.78, 5) is 10.8. The molecule has 14 heavy (non-hydrogen) atoms. The molecule has 1 aliphatic carbocycles. The van der Waals surface area contributed by atoms with Gasteiger partial charge in [-0.15, -0.1) is 0 Å². The van der Waals surface area contributed by atoms with E-state index in [1.165, 1.54) is 0 Å². The highest BCUT2D eigenvalue weighted by atomic mass is 16.4. The van der Waals surface area contributed by atoms with E-state index in [0.29, 0.717) is 6.42 Å². The van der Waals surface area contributed by atoms with Crippen LogP contribution in [0.15, 0.2) is 12.2 Å². The van der Waals surface area contributed by atoms with Gasteiger partial charge in [-0.05, 0) is 31.6 Å². The number of aliphatic hydroxyl groups is 1. The van der Waals surface area contributed by atoms with E-state index in [0.717, 1.165) is 19.3 Å². The van der Waals surface area contributed by atoms with Gasteiger partial charge in [-0.2, -0.15) is 0 Å². The fraction of sp³-hybridized carbons (Fsp3) is 0.727. The van der Waals surface area contributed by atoms with Crippen molar-refractivity contribution in [3.8, 4) is 0 Å². The van der Waals surface area contributed by atoms with Crippen LogP contribution in [0.3, 0.4) is 0 Å². The van der Waals surface area contributed by atoms with Gasteiger partial charge in [-0.3, -0.25) is 4.79 Å². The van der Waals surface area contributed by atoms with Crippen LogP contribution in [0.25, 0.3) is 0 Å². The van der Waals surface area contributed by atoms with Crippen LogP contribution in [-0.4, -0.2) is 22.3 Å². The van der Waals surface area contributed by atoms with Crippen LogP contribution in [0.4, 0.5) is 0 Å². The Kier molecular flexibility index (Phi) is 4.14. The van der Waals surface area contributed by atoms with Crippen molar-refractivity contribution >= 4 is 5.97 Å². The highest BCUT2D eigenvalue weighted by Crippen LogP contribution is 2.27. The SMILES string of the molecule is CCC(C(=O)O)C(O)C1CC=CCC1. The number of carboxylic acid groups (broad SMARTS) is 1. The van der Waals surface area contributed by atoms with Gasteiger partial charge in [0.25, 0.3) is 0 Å². The molecule has 0 bridgehead atoms. The van der Waals surface area contributed by atoms with E-state index in [1.54, 1.807) is 6.92 Å². The van der Waals surface area contributed by atoms with Gasteiger partial charge in [0, 0.05) is 0 Å². The molecule has 2 N–H and O–H groups in total. The standard InChI is InChI=1S/C11H18O3/c1-2-9(11(13)14)10(12)8-6-4-3-5-7-8/h3-4,8-10,12H,2,5-7H2,1H3,(H,13,14). The van der Waals surface area contributed by atoms with E-state index in [9.17, 15) is 9.90 Å². The molecule has 0 heterocycles. The van der Waals surface area contributed by atoms with Crippen molar-refractivity contribution in [3.05, 3.63) is 12.2 Å². The molecule has 80 valence electrons. The van der Waals surface area contributed by atoms with Crippen molar-refractivity contribution in [1.82, 2.24) is 0 Å². The molecular formula is C11H18O3. The van der Waals surface area contributed by atoms with E-state index in [4.69, 9.17) is 5.11 Å².